The molecule has 0 atom stereocenters. The van der Waals surface area contributed by atoms with Crippen molar-refractivity contribution in [2.45, 2.75) is 84.0 Å². The quantitative estimate of drug-likeness (QED) is 0.153. The molecule has 0 saturated heterocycles. The first-order valence-corrected chi connectivity index (χ1v) is 11.4. The number of halogens is 1. The molecule has 0 aliphatic rings. The maximum absolute atomic E-state index is 5.66. The monoisotopic (exact) mass is 408 g/mol. The molecule has 1 aromatic rings. The van der Waals surface area contributed by atoms with Crippen LogP contribution in [0.2, 0.25) is 0 Å². The van der Waals surface area contributed by atoms with Crippen LogP contribution in [0.5, 0.6) is 5.75 Å². The number of allylic oxidation sites excluding steroid dienone is 2. The van der Waals surface area contributed by atoms with Crippen LogP contribution < -0.4 is 4.74 Å². The third-order valence-electron chi connectivity index (χ3n) is 4.47. The lowest BCUT2D eigenvalue weighted by Gasteiger charge is -2.07. The Bertz CT molecular complexity index is 441. The maximum atomic E-state index is 5.66. The highest BCUT2D eigenvalue weighted by Gasteiger charge is 1.98. The molecule has 0 aliphatic carbocycles. The van der Waals surface area contributed by atoms with Crippen LogP contribution in [0.1, 0.15) is 83.1 Å². The normalized spacial score (nSPS) is 11.3. The van der Waals surface area contributed by atoms with Crippen molar-refractivity contribution in [3.05, 3.63) is 42.0 Å². The van der Waals surface area contributed by atoms with Crippen LogP contribution in [0.25, 0.3) is 0 Å². The maximum Gasteiger partial charge on any atom is 0.119 e. The van der Waals surface area contributed by atoms with Gasteiger partial charge in [0.05, 0.1) is 6.61 Å². The van der Waals surface area contributed by atoms with Crippen LogP contribution >= 0.6 is 15.9 Å². The highest BCUT2D eigenvalue weighted by molar-refractivity contribution is 9.09. The first-order valence-electron chi connectivity index (χ1n) is 10.3. The molecular formula is C23H37BrO. The molecule has 0 heterocycles. The molecule has 0 fully saturated rings. The number of hydrogen-bond donors (Lipinski definition) is 0. The Balaban J connectivity index is 1.95. The second-order valence-corrected chi connectivity index (χ2v) is 7.61. The van der Waals surface area contributed by atoms with Gasteiger partial charge in [-0.1, -0.05) is 85.7 Å². The summed E-state index contributed by atoms with van der Waals surface area (Å²) in [6.45, 7) is 3.00. The summed E-state index contributed by atoms with van der Waals surface area (Å²) in [7, 11) is 0. The minimum Gasteiger partial charge on any atom is -0.493 e. The summed E-state index contributed by atoms with van der Waals surface area (Å²) in [6.07, 6.45) is 20.7. The van der Waals surface area contributed by atoms with E-state index >= 15 is 0 Å². The Labute approximate surface area is 164 Å². The van der Waals surface area contributed by atoms with E-state index in [1.165, 1.54) is 82.6 Å². The van der Waals surface area contributed by atoms with E-state index in [0.717, 1.165) is 17.7 Å². The first kappa shape index (κ1) is 22.3. The number of rotatable bonds is 16. The van der Waals surface area contributed by atoms with Crippen LogP contribution in [0.4, 0.5) is 0 Å². The summed E-state index contributed by atoms with van der Waals surface area (Å²) in [5, 5.41) is 0.880. The summed E-state index contributed by atoms with van der Waals surface area (Å²) >= 11 is 3.39. The first-order chi connectivity index (χ1) is 12.4. The number of aryl methyl sites for hydroxylation is 1. The van der Waals surface area contributed by atoms with Gasteiger partial charge >= 0.3 is 0 Å². The summed E-state index contributed by atoms with van der Waals surface area (Å²) < 4.78 is 5.66. The van der Waals surface area contributed by atoms with Crippen molar-refractivity contribution < 1.29 is 4.74 Å². The molecule has 1 rings (SSSR count). The Morgan fingerprint density at radius 2 is 1.56 bits per heavy atom. The van der Waals surface area contributed by atoms with Crippen LogP contribution in [0, 0.1) is 0 Å². The van der Waals surface area contributed by atoms with E-state index in [1.54, 1.807) is 0 Å². The molecule has 142 valence electrons. The highest BCUT2D eigenvalue weighted by Crippen LogP contribution is 2.16. The van der Waals surface area contributed by atoms with Gasteiger partial charge < -0.3 is 4.74 Å². The number of ether oxygens (including phenoxy) is 1. The molecule has 2 heteroatoms. The van der Waals surface area contributed by atoms with Crippen LogP contribution in [-0.2, 0) is 6.42 Å². The van der Waals surface area contributed by atoms with Crippen LogP contribution in [-0.4, -0.2) is 11.9 Å². The molecule has 0 unspecified atom stereocenters. The van der Waals surface area contributed by atoms with Crippen molar-refractivity contribution >= 4 is 15.9 Å². The molecule has 0 aromatic heterocycles. The number of hydrogen-bond acceptors (Lipinski definition) is 1. The number of unbranched alkanes of at least 4 members (excludes halogenated alkanes) is 9. The van der Waals surface area contributed by atoms with Gasteiger partial charge in [0.25, 0.3) is 0 Å². The van der Waals surface area contributed by atoms with Gasteiger partial charge in [0.15, 0.2) is 0 Å². The third kappa shape index (κ3) is 13.1. The van der Waals surface area contributed by atoms with Crippen molar-refractivity contribution in [1.29, 1.82) is 0 Å². The van der Waals surface area contributed by atoms with Crippen molar-refractivity contribution in [3.8, 4) is 5.75 Å². The Hall–Kier alpha value is -0.760. The summed E-state index contributed by atoms with van der Waals surface area (Å²) in [4.78, 5) is 0. The Kier molecular flexibility index (Phi) is 14.9. The number of alkyl halides is 1. The van der Waals surface area contributed by atoms with Gasteiger partial charge in [0.1, 0.15) is 5.75 Å². The summed E-state index contributed by atoms with van der Waals surface area (Å²) in [5.41, 5.74) is 1.40. The SMILES string of the molecule is CCCCCC/C=C/CCCCCCCc1cccc(OCCBr)c1. The Morgan fingerprint density at radius 3 is 2.28 bits per heavy atom. The molecule has 1 nitrogen and oxygen atoms in total. The van der Waals surface area contributed by atoms with E-state index in [1.807, 2.05) is 6.07 Å². The fourth-order valence-electron chi connectivity index (χ4n) is 2.99. The molecular weight excluding hydrogens is 372 g/mol. The van der Waals surface area contributed by atoms with Gasteiger partial charge in [0, 0.05) is 5.33 Å². The molecule has 0 N–H and O–H groups in total. The second kappa shape index (κ2) is 16.7. The van der Waals surface area contributed by atoms with Crippen LogP contribution in [0.15, 0.2) is 36.4 Å². The average molecular weight is 409 g/mol. The van der Waals surface area contributed by atoms with Gasteiger partial charge in [-0.2, -0.15) is 0 Å². The lowest BCUT2D eigenvalue weighted by Crippen LogP contribution is -1.98. The second-order valence-electron chi connectivity index (χ2n) is 6.81. The molecule has 0 aliphatic heterocycles. The number of benzene rings is 1. The third-order valence-corrected chi connectivity index (χ3v) is 4.80. The smallest absolute Gasteiger partial charge is 0.119 e. The van der Waals surface area contributed by atoms with E-state index < -0.39 is 0 Å². The molecule has 0 amide bonds. The highest BCUT2D eigenvalue weighted by atomic mass is 79.9. The molecule has 0 spiro atoms. The molecule has 0 radical (unpaired) electrons. The lowest BCUT2D eigenvalue weighted by molar-refractivity contribution is 0.344. The fourth-order valence-corrected chi connectivity index (χ4v) is 3.16. The fraction of sp³-hybridized carbons (Fsp3) is 0.652. The molecule has 25 heavy (non-hydrogen) atoms. The summed E-state index contributed by atoms with van der Waals surface area (Å²) in [6, 6.07) is 8.55. The standard InChI is InChI=1S/C23H37BrO/c1-2-3-4-5-6-7-8-9-10-11-12-13-14-16-22-17-15-18-23(21-22)25-20-19-24/h7-8,15,17-18,21H,2-6,9-14,16,19-20H2,1H3/b8-7+. The van der Waals surface area contributed by atoms with Crippen LogP contribution in [0.3, 0.4) is 0 Å². The molecule has 1 aromatic carbocycles. The van der Waals surface area contributed by atoms with Gasteiger partial charge in [0.2, 0.25) is 0 Å². The zero-order valence-corrected chi connectivity index (χ0v) is 17.7. The van der Waals surface area contributed by atoms with Gasteiger partial charge in [-0.25, -0.2) is 0 Å². The predicted octanol–water partition coefficient (Wildman–Crippen LogP) is 7.87. The largest absolute Gasteiger partial charge is 0.493 e. The van der Waals surface area contributed by atoms with Gasteiger partial charge in [-0.15, -0.1) is 0 Å². The lowest BCUT2D eigenvalue weighted by atomic mass is 10.0. The minimum absolute atomic E-state index is 0.733. The van der Waals surface area contributed by atoms with E-state index in [2.05, 4.69) is 53.2 Å². The molecule has 0 saturated carbocycles. The van der Waals surface area contributed by atoms with E-state index in [0.29, 0.717) is 0 Å². The predicted molar refractivity (Wildman–Crippen MR) is 115 cm³/mol. The Morgan fingerprint density at radius 1 is 0.880 bits per heavy atom. The average Bonchev–Trinajstić information content (AvgIpc) is 2.64. The van der Waals surface area contributed by atoms with E-state index in [4.69, 9.17) is 4.74 Å². The summed E-state index contributed by atoms with van der Waals surface area (Å²) in [5.74, 6) is 0.999. The van der Waals surface area contributed by atoms with Crippen molar-refractivity contribution in [2.75, 3.05) is 11.9 Å². The van der Waals surface area contributed by atoms with E-state index in [-0.39, 0.29) is 0 Å². The van der Waals surface area contributed by atoms with E-state index in [9.17, 15) is 0 Å². The van der Waals surface area contributed by atoms with Gasteiger partial charge in [-0.05, 0) is 56.2 Å². The van der Waals surface area contributed by atoms with Gasteiger partial charge in [-0.3, -0.25) is 0 Å². The topological polar surface area (TPSA) is 9.23 Å². The minimum atomic E-state index is 0.733. The molecule has 0 bridgehead atoms. The zero-order chi connectivity index (χ0) is 18.0. The zero-order valence-electron chi connectivity index (χ0n) is 16.1. The van der Waals surface area contributed by atoms with Crippen molar-refractivity contribution in [3.63, 3.8) is 0 Å². The van der Waals surface area contributed by atoms with Crippen molar-refractivity contribution in [2.24, 2.45) is 0 Å². The van der Waals surface area contributed by atoms with Crippen molar-refractivity contribution in [1.82, 2.24) is 0 Å².